The Morgan fingerprint density at radius 1 is 1.75 bits per heavy atom. The van der Waals surface area contributed by atoms with Crippen molar-refractivity contribution in [3.05, 3.63) is 11.7 Å². The second-order valence-corrected chi connectivity index (χ2v) is 3.53. The van der Waals surface area contributed by atoms with E-state index < -0.39 is 12.1 Å². The lowest BCUT2D eigenvalue weighted by molar-refractivity contribution is 0.0508. The molecule has 1 aliphatic rings. The number of carbonyl (C=O) groups excluding carboxylic acids is 1. The molecule has 0 radical (unpaired) electrons. The predicted octanol–water partition coefficient (Wildman–Crippen LogP) is -0.358. The molecule has 1 aromatic rings. The first-order chi connectivity index (χ1) is 7.70. The Bertz CT molecular complexity index is 379. The van der Waals surface area contributed by atoms with Gasteiger partial charge in [-0.2, -0.15) is 4.98 Å². The summed E-state index contributed by atoms with van der Waals surface area (Å²) in [4.78, 5) is 15.2. The summed E-state index contributed by atoms with van der Waals surface area (Å²) in [5.74, 6) is -0.379. The number of hydrogen-bond acceptors (Lipinski definition) is 7. The highest BCUT2D eigenvalue weighted by Gasteiger charge is 2.29. The van der Waals surface area contributed by atoms with Crippen LogP contribution < -0.4 is 5.32 Å². The SMILES string of the molecule is CCOC(=O)c1noc([C@@H]2CC(O)CN2)n1. The molecule has 1 aromatic heterocycles. The summed E-state index contributed by atoms with van der Waals surface area (Å²) in [5, 5.41) is 15.8. The first-order valence-corrected chi connectivity index (χ1v) is 5.13. The van der Waals surface area contributed by atoms with Gasteiger partial charge in [-0.05, 0) is 18.5 Å². The Balaban J connectivity index is 2.04. The molecule has 0 aliphatic carbocycles. The standard InChI is InChI=1S/C9H13N3O4/c1-2-15-9(14)7-11-8(16-12-7)6-3-5(13)4-10-6/h5-6,10,13H,2-4H2,1H3/t5?,6-/m0/s1. The van der Waals surface area contributed by atoms with E-state index in [1.165, 1.54) is 0 Å². The van der Waals surface area contributed by atoms with Gasteiger partial charge in [-0.15, -0.1) is 0 Å². The number of nitrogens with one attached hydrogen (secondary N) is 1. The maximum Gasteiger partial charge on any atom is 0.379 e. The largest absolute Gasteiger partial charge is 0.460 e. The van der Waals surface area contributed by atoms with Crippen LogP contribution in [0.5, 0.6) is 0 Å². The highest BCUT2D eigenvalue weighted by atomic mass is 16.5. The molecular formula is C9H13N3O4. The Hall–Kier alpha value is -1.47. The number of nitrogens with zero attached hydrogens (tertiary/aromatic N) is 2. The summed E-state index contributed by atoms with van der Waals surface area (Å²) in [5.41, 5.74) is 0. The monoisotopic (exact) mass is 227 g/mol. The number of aromatic nitrogens is 2. The van der Waals surface area contributed by atoms with E-state index in [0.29, 0.717) is 18.9 Å². The van der Waals surface area contributed by atoms with Crippen molar-refractivity contribution in [3.63, 3.8) is 0 Å². The summed E-state index contributed by atoms with van der Waals surface area (Å²) in [6.45, 7) is 2.46. The van der Waals surface area contributed by atoms with Gasteiger partial charge in [0.2, 0.25) is 5.89 Å². The van der Waals surface area contributed by atoms with E-state index in [-0.39, 0.29) is 18.5 Å². The van der Waals surface area contributed by atoms with E-state index in [0.717, 1.165) is 0 Å². The van der Waals surface area contributed by atoms with Gasteiger partial charge in [0.25, 0.3) is 5.82 Å². The lowest BCUT2D eigenvalue weighted by atomic mass is 10.2. The maximum absolute atomic E-state index is 11.3. The van der Waals surface area contributed by atoms with Crippen molar-refractivity contribution < 1.29 is 19.2 Å². The molecule has 0 bridgehead atoms. The van der Waals surface area contributed by atoms with Gasteiger partial charge in [0.1, 0.15) is 0 Å². The van der Waals surface area contributed by atoms with Gasteiger partial charge in [-0.3, -0.25) is 0 Å². The third kappa shape index (κ3) is 2.20. The molecule has 0 saturated carbocycles. The van der Waals surface area contributed by atoms with Gasteiger partial charge in [0.15, 0.2) is 0 Å². The molecule has 0 aromatic carbocycles. The van der Waals surface area contributed by atoms with Crippen LogP contribution in [0.15, 0.2) is 4.52 Å². The number of carbonyl (C=O) groups is 1. The van der Waals surface area contributed by atoms with Gasteiger partial charge in [0.05, 0.1) is 18.8 Å². The average Bonchev–Trinajstić information content (AvgIpc) is 2.85. The highest BCUT2D eigenvalue weighted by Crippen LogP contribution is 2.21. The molecule has 1 saturated heterocycles. The fraction of sp³-hybridized carbons (Fsp3) is 0.667. The molecule has 88 valence electrons. The Morgan fingerprint density at radius 2 is 2.56 bits per heavy atom. The zero-order valence-electron chi connectivity index (χ0n) is 8.84. The number of aliphatic hydroxyl groups is 1. The normalized spacial score (nSPS) is 24.6. The minimum atomic E-state index is -0.601. The van der Waals surface area contributed by atoms with Crippen molar-refractivity contribution in [2.75, 3.05) is 13.2 Å². The molecule has 2 rings (SSSR count). The fourth-order valence-electron chi connectivity index (χ4n) is 1.56. The smallest absolute Gasteiger partial charge is 0.379 e. The Morgan fingerprint density at radius 3 is 3.19 bits per heavy atom. The summed E-state index contributed by atoms with van der Waals surface area (Å²) in [7, 11) is 0. The van der Waals surface area contributed by atoms with E-state index in [2.05, 4.69) is 15.5 Å². The van der Waals surface area contributed by atoms with Crippen LogP contribution in [0.2, 0.25) is 0 Å². The van der Waals surface area contributed by atoms with Crippen LogP contribution in [0.4, 0.5) is 0 Å². The molecule has 1 fully saturated rings. The van der Waals surface area contributed by atoms with E-state index in [4.69, 9.17) is 9.26 Å². The third-order valence-electron chi connectivity index (χ3n) is 2.31. The zero-order chi connectivity index (χ0) is 11.5. The van der Waals surface area contributed by atoms with Gasteiger partial charge in [-0.1, -0.05) is 0 Å². The zero-order valence-corrected chi connectivity index (χ0v) is 8.84. The minimum absolute atomic E-state index is 0.0833. The summed E-state index contributed by atoms with van der Waals surface area (Å²) in [6.07, 6.45) is 0.0905. The van der Waals surface area contributed by atoms with Crippen molar-refractivity contribution in [1.29, 1.82) is 0 Å². The highest BCUT2D eigenvalue weighted by molar-refractivity contribution is 5.84. The molecule has 16 heavy (non-hydrogen) atoms. The van der Waals surface area contributed by atoms with Crippen LogP contribution in [-0.4, -0.2) is 40.5 Å². The van der Waals surface area contributed by atoms with Crippen molar-refractivity contribution in [2.45, 2.75) is 25.5 Å². The van der Waals surface area contributed by atoms with Crippen LogP contribution >= 0.6 is 0 Å². The predicted molar refractivity (Wildman–Crippen MR) is 51.6 cm³/mol. The van der Waals surface area contributed by atoms with E-state index in [1.807, 2.05) is 0 Å². The van der Waals surface area contributed by atoms with Crippen LogP contribution in [0, 0.1) is 0 Å². The summed E-state index contributed by atoms with van der Waals surface area (Å²) < 4.78 is 9.66. The first-order valence-electron chi connectivity index (χ1n) is 5.13. The van der Waals surface area contributed by atoms with Crippen LogP contribution in [0.1, 0.15) is 35.9 Å². The van der Waals surface area contributed by atoms with Crippen LogP contribution in [0.3, 0.4) is 0 Å². The van der Waals surface area contributed by atoms with Crippen LogP contribution in [0.25, 0.3) is 0 Å². The van der Waals surface area contributed by atoms with Gasteiger partial charge in [0, 0.05) is 6.54 Å². The number of aliphatic hydroxyl groups excluding tert-OH is 1. The molecule has 2 atom stereocenters. The third-order valence-corrected chi connectivity index (χ3v) is 2.31. The van der Waals surface area contributed by atoms with E-state index >= 15 is 0 Å². The lowest BCUT2D eigenvalue weighted by Gasteiger charge is -2.01. The second-order valence-electron chi connectivity index (χ2n) is 3.53. The van der Waals surface area contributed by atoms with Crippen molar-refractivity contribution in [2.24, 2.45) is 0 Å². The number of hydrogen-bond donors (Lipinski definition) is 2. The number of rotatable bonds is 3. The first kappa shape index (κ1) is 11.0. The molecule has 1 aliphatic heterocycles. The van der Waals surface area contributed by atoms with Crippen LogP contribution in [-0.2, 0) is 4.74 Å². The molecular weight excluding hydrogens is 214 g/mol. The molecule has 1 unspecified atom stereocenters. The van der Waals surface area contributed by atoms with Crippen molar-refractivity contribution in [1.82, 2.24) is 15.5 Å². The molecule has 0 spiro atoms. The quantitative estimate of drug-likeness (QED) is 0.680. The van der Waals surface area contributed by atoms with Gasteiger partial charge >= 0.3 is 5.97 Å². The number of esters is 1. The number of β-amino-alcohol motifs (C(OH)–C–C–N with tert-alkyl or cyclic N) is 1. The molecule has 0 amide bonds. The van der Waals surface area contributed by atoms with Crippen molar-refractivity contribution >= 4 is 5.97 Å². The second kappa shape index (κ2) is 4.58. The van der Waals surface area contributed by atoms with E-state index in [9.17, 15) is 9.90 Å². The molecule has 7 nitrogen and oxygen atoms in total. The Kier molecular flexibility index (Phi) is 3.16. The molecule has 7 heteroatoms. The Labute approximate surface area is 91.8 Å². The maximum atomic E-state index is 11.3. The van der Waals surface area contributed by atoms with Gasteiger partial charge < -0.3 is 19.7 Å². The van der Waals surface area contributed by atoms with Gasteiger partial charge in [-0.25, -0.2) is 4.79 Å². The molecule has 2 heterocycles. The number of ether oxygens (including phenoxy) is 1. The van der Waals surface area contributed by atoms with E-state index in [1.54, 1.807) is 6.92 Å². The minimum Gasteiger partial charge on any atom is -0.460 e. The average molecular weight is 227 g/mol. The summed E-state index contributed by atoms with van der Waals surface area (Å²) >= 11 is 0. The van der Waals surface area contributed by atoms with Crippen molar-refractivity contribution in [3.8, 4) is 0 Å². The lowest BCUT2D eigenvalue weighted by Crippen LogP contribution is -2.15. The summed E-state index contributed by atoms with van der Waals surface area (Å²) in [6, 6.07) is -0.189. The molecule has 2 N–H and O–H groups in total. The topological polar surface area (TPSA) is 97.5 Å². The fourth-order valence-corrected chi connectivity index (χ4v) is 1.56.